The van der Waals surface area contributed by atoms with Crippen molar-refractivity contribution < 1.29 is 9.53 Å². The van der Waals surface area contributed by atoms with E-state index < -0.39 is 0 Å². The predicted octanol–water partition coefficient (Wildman–Crippen LogP) is 5.00. The highest BCUT2D eigenvalue weighted by atomic mass is 32.2. The Hall–Kier alpha value is -1.74. The number of benzene rings is 2. The second-order valence-corrected chi connectivity index (χ2v) is 6.78. The Balaban J connectivity index is 2.08. The minimum absolute atomic E-state index is 0.108. The number of aryl methyl sites for hydroxylation is 1. The molecule has 0 N–H and O–H groups in total. The van der Waals surface area contributed by atoms with Crippen LogP contribution in [0.5, 0.6) is 5.75 Å². The van der Waals surface area contributed by atoms with Gasteiger partial charge >= 0.3 is 0 Å². The van der Waals surface area contributed by atoms with Crippen molar-refractivity contribution in [2.24, 2.45) is 5.92 Å². The van der Waals surface area contributed by atoms with Crippen LogP contribution in [0.3, 0.4) is 0 Å². The van der Waals surface area contributed by atoms with Gasteiger partial charge in [0, 0.05) is 4.90 Å². The molecule has 22 heavy (non-hydrogen) atoms. The van der Waals surface area contributed by atoms with Crippen molar-refractivity contribution in [1.82, 2.24) is 0 Å². The minimum atomic E-state index is 0.108. The first-order valence-electron chi connectivity index (χ1n) is 7.50. The van der Waals surface area contributed by atoms with Crippen molar-refractivity contribution in [3.8, 4) is 5.75 Å². The van der Waals surface area contributed by atoms with Gasteiger partial charge in [0.05, 0.1) is 17.9 Å². The highest BCUT2D eigenvalue weighted by Gasteiger charge is 2.14. The average molecular weight is 314 g/mol. The topological polar surface area (TPSA) is 26.3 Å². The van der Waals surface area contributed by atoms with Crippen LogP contribution in [0.4, 0.5) is 0 Å². The molecule has 0 aliphatic heterocycles. The highest BCUT2D eigenvalue weighted by molar-refractivity contribution is 8.00. The van der Waals surface area contributed by atoms with Gasteiger partial charge in [-0.2, -0.15) is 0 Å². The summed E-state index contributed by atoms with van der Waals surface area (Å²) < 4.78 is 5.80. The summed E-state index contributed by atoms with van der Waals surface area (Å²) in [5, 5.41) is 0. The second-order valence-electron chi connectivity index (χ2n) is 5.73. The van der Waals surface area contributed by atoms with Crippen LogP contribution in [0.15, 0.2) is 53.4 Å². The van der Waals surface area contributed by atoms with E-state index in [0.29, 0.717) is 29.6 Å². The van der Waals surface area contributed by atoms with Gasteiger partial charge in [-0.1, -0.05) is 43.7 Å². The van der Waals surface area contributed by atoms with Crippen molar-refractivity contribution in [3.63, 3.8) is 0 Å². The van der Waals surface area contributed by atoms with Crippen LogP contribution >= 0.6 is 11.8 Å². The number of Topliss-reactive ketones (excluding diaryl/α,β-unsaturated/α-hetero) is 1. The Kier molecular flexibility index (Phi) is 6.08. The molecule has 2 rings (SSSR count). The third kappa shape index (κ3) is 4.92. The van der Waals surface area contributed by atoms with E-state index >= 15 is 0 Å². The molecule has 3 heteroatoms. The Morgan fingerprint density at radius 2 is 1.86 bits per heavy atom. The molecule has 2 aromatic carbocycles. The number of hydrogen-bond acceptors (Lipinski definition) is 3. The summed E-state index contributed by atoms with van der Waals surface area (Å²) >= 11 is 1.56. The Morgan fingerprint density at radius 1 is 1.14 bits per heavy atom. The summed E-state index contributed by atoms with van der Waals surface area (Å²) in [6, 6.07) is 15.8. The third-order valence-corrected chi connectivity index (χ3v) is 4.13. The van der Waals surface area contributed by atoms with Gasteiger partial charge in [0.1, 0.15) is 5.75 Å². The number of rotatable bonds is 7. The van der Waals surface area contributed by atoms with E-state index in [9.17, 15) is 4.79 Å². The fourth-order valence-corrected chi connectivity index (χ4v) is 2.79. The molecule has 0 spiro atoms. The zero-order valence-corrected chi connectivity index (χ0v) is 14.2. The van der Waals surface area contributed by atoms with Crippen molar-refractivity contribution in [3.05, 3.63) is 59.7 Å². The number of hydrogen-bond donors (Lipinski definition) is 0. The van der Waals surface area contributed by atoms with Crippen LogP contribution in [-0.2, 0) is 0 Å². The van der Waals surface area contributed by atoms with Gasteiger partial charge in [0.2, 0.25) is 0 Å². The van der Waals surface area contributed by atoms with Gasteiger partial charge in [-0.3, -0.25) is 4.79 Å². The largest absolute Gasteiger partial charge is 0.493 e. The van der Waals surface area contributed by atoms with E-state index in [0.717, 1.165) is 10.5 Å². The third-order valence-electron chi connectivity index (χ3n) is 3.12. The molecule has 2 aromatic rings. The normalized spacial score (nSPS) is 10.7. The van der Waals surface area contributed by atoms with Crippen LogP contribution < -0.4 is 4.74 Å². The van der Waals surface area contributed by atoms with E-state index in [1.165, 1.54) is 0 Å². The lowest BCUT2D eigenvalue weighted by Crippen LogP contribution is -2.10. The molecule has 116 valence electrons. The van der Waals surface area contributed by atoms with Gasteiger partial charge in [0.25, 0.3) is 0 Å². The number of carbonyl (C=O) groups excluding carboxylic acids is 1. The van der Waals surface area contributed by atoms with E-state index in [1.54, 1.807) is 11.8 Å². The van der Waals surface area contributed by atoms with Crippen LogP contribution in [0, 0.1) is 12.8 Å². The molecule has 0 heterocycles. The summed E-state index contributed by atoms with van der Waals surface area (Å²) in [4.78, 5) is 13.6. The fraction of sp³-hybridized carbons (Fsp3) is 0.316. The van der Waals surface area contributed by atoms with Gasteiger partial charge < -0.3 is 4.74 Å². The maximum absolute atomic E-state index is 12.5. The molecule has 0 saturated carbocycles. The first kappa shape index (κ1) is 16.6. The van der Waals surface area contributed by atoms with E-state index in [4.69, 9.17) is 4.74 Å². The van der Waals surface area contributed by atoms with Gasteiger partial charge in [-0.25, -0.2) is 0 Å². The number of ketones is 1. The molecule has 0 bridgehead atoms. The highest BCUT2D eigenvalue weighted by Crippen LogP contribution is 2.25. The smallest absolute Gasteiger partial charge is 0.176 e. The molecular formula is C19H22O2S. The van der Waals surface area contributed by atoms with Crippen LogP contribution in [0.25, 0.3) is 0 Å². The summed E-state index contributed by atoms with van der Waals surface area (Å²) in [5.41, 5.74) is 1.76. The molecule has 0 fully saturated rings. The summed E-state index contributed by atoms with van der Waals surface area (Å²) in [6.07, 6.45) is 0. The maximum Gasteiger partial charge on any atom is 0.176 e. The zero-order valence-electron chi connectivity index (χ0n) is 13.3. The Labute approximate surface area is 136 Å². The Morgan fingerprint density at radius 3 is 2.55 bits per heavy atom. The Bertz CT molecular complexity index is 621. The van der Waals surface area contributed by atoms with Crippen molar-refractivity contribution in [2.75, 3.05) is 12.4 Å². The van der Waals surface area contributed by atoms with Gasteiger partial charge in [0.15, 0.2) is 5.78 Å². The van der Waals surface area contributed by atoms with Crippen molar-refractivity contribution in [1.29, 1.82) is 0 Å². The predicted molar refractivity (Wildman–Crippen MR) is 93.0 cm³/mol. The SMILES string of the molecule is Cc1ccc(OCC(C)C)c(C(=O)CSc2ccccc2)c1. The second kappa shape index (κ2) is 8.04. The lowest BCUT2D eigenvalue weighted by molar-refractivity contribution is 0.101. The standard InChI is InChI=1S/C19H22O2S/c1-14(2)12-21-19-10-9-15(3)11-17(19)18(20)13-22-16-7-5-4-6-8-16/h4-11,14H,12-13H2,1-3H3. The van der Waals surface area contributed by atoms with Crippen LogP contribution in [0.1, 0.15) is 29.8 Å². The molecule has 0 atom stereocenters. The van der Waals surface area contributed by atoms with Crippen molar-refractivity contribution in [2.45, 2.75) is 25.7 Å². The molecular weight excluding hydrogens is 292 g/mol. The van der Waals surface area contributed by atoms with Crippen molar-refractivity contribution >= 4 is 17.5 Å². The van der Waals surface area contributed by atoms with E-state index in [2.05, 4.69) is 13.8 Å². The number of carbonyl (C=O) groups is 1. The summed E-state index contributed by atoms with van der Waals surface area (Å²) in [6.45, 7) is 6.81. The maximum atomic E-state index is 12.5. The van der Waals surface area contributed by atoms with Gasteiger partial charge in [-0.05, 0) is 37.1 Å². The molecule has 0 aromatic heterocycles. The minimum Gasteiger partial charge on any atom is -0.493 e. The zero-order chi connectivity index (χ0) is 15.9. The fourth-order valence-electron chi connectivity index (χ4n) is 1.99. The molecule has 2 nitrogen and oxygen atoms in total. The monoisotopic (exact) mass is 314 g/mol. The first-order valence-corrected chi connectivity index (χ1v) is 8.49. The van der Waals surface area contributed by atoms with E-state index in [-0.39, 0.29) is 5.78 Å². The lowest BCUT2D eigenvalue weighted by atomic mass is 10.1. The van der Waals surface area contributed by atoms with Crippen LogP contribution in [0.2, 0.25) is 0 Å². The molecule has 0 unspecified atom stereocenters. The van der Waals surface area contributed by atoms with Crippen LogP contribution in [-0.4, -0.2) is 18.1 Å². The number of thioether (sulfide) groups is 1. The summed E-state index contributed by atoms with van der Waals surface area (Å²) in [5.74, 6) is 1.66. The quantitative estimate of drug-likeness (QED) is 0.531. The molecule has 0 radical (unpaired) electrons. The lowest BCUT2D eigenvalue weighted by Gasteiger charge is -2.13. The van der Waals surface area contributed by atoms with E-state index in [1.807, 2.05) is 55.5 Å². The molecule has 0 aliphatic rings. The molecule has 0 aliphatic carbocycles. The average Bonchev–Trinajstić information content (AvgIpc) is 2.52. The molecule has 0 saturated heterocycles. The number of ether oxygens (including phenoxy) is 1. The van der Waals surface area contributed by atoms with Gasteiger partial charge in [-0.15, -0.1) is 11.8 Å². The first-order chi connectivity index (χ1) is 10.6. The summed E-state index contributed by atoms with van der Waals surface area (Å²) in [7, 11) is 0. The molecule has 0 amide bonds.